The highest BCUT2D eigenvalue weighted by Gasteiger charge is 2.37. The molecule has 0 radical (unpaired) electrons. The van der Waals surface area contributed by atoms with Gasteiger partial charge in [0.1, 0.15) is 0 Å². The largest absolute Gasteiger partial charge is 0.381 e. The van der Waals surface area contributed by atoms with Gasteiger partial charge in [-0.15, -0.1) is 0 Å². The first-order valence-corrected chi connectivity index (χ1v) is 5.95. The molecule has 1 aliphatic carbocycles. The summed E-state index contributed by atoms with van der Waals surface area (Å²) in [5.74, 6) is 0. The third-order valence-corrected chi connectivity index (χ3v) is 4.37. The SMILES string of the molecule is BN1CCC2(CCC(OC)CC2)CC1. The Hall–Kier alpha value is -0.0151. The smallest absolute Gasteiger partial charge is 0.185 e. The molecular weight excluding hydrogens is 173 g/mol. The topological polar surface area (TPSA) is 12.5 Å². The fourth-order valence-electron chi connectivity index (χ4n) is 3.03. The Morgan fingerprint density at radius 2 is 1.71 bits per heavy atom. The van der Waals surface area contributed by atoms with Crippen LogP contribution in [-0.2, 0) is 4.74 Å². The van der Waals surface area contributed by atoms with Crippen LogP contribution in [0.4, 0.5) is 0 Å². The van der Waals surface area contributed by atoms with Crippen LogP contribution in [0.25, 0.3) is 0 Å². The lowest BCUT2D eigenvalue weighted by molar-refractivity contribution is 0.00698. The average molecular weight is 195 g/mol. The molecule has 1 saturated carbocycles. The predicted octanol–water partition coefficient (Wildman–Crippen LogP) is 1.21. The van der Waals surface area contributed by atoms with Gasteiger partial charge in [0, 0.05) is 7.11 Å². The van der Waals surface area contributed by atoms with Crippen molar-refractivity contribution in [2.24, 2.45) is 5.41 Å². The van der Waals surface area contributed by atoms with Gasteiger partial charge in [-0.25, -0.2) is 0 Å². The van der Waals surface area contributed by atoms with Gasteiger partial charge in [0.25, 0.3) is 0 Å². The van der Waals surface area contributed by atoms with Crippen LogP contribution in [0.3, 0.4) is 0 Å². The molecule has 1 aliphatic heterocycles. The molecular formula is C11H22BNO. The van der Waals surface area contributed by atoms with Crippen LogP contribution < -0.4 is 0 Å². The van der Waals surface area contributed by atoms with Crippen LogP contribution in [0.5, 0.6) is 0 Å². The molecule has 14 heavy (non-hydrogen) atoms. The molecule has 0 aromatic carbocycles. The number of hydrogen-bond acceptors (Lipinski definition) is 2. The third kappa shape index (κ3) is 2.14. The van der Waals surface area contributed by atoms with Crippen LogP contribution in [-0.4, -0.2) is 39.1 Å². The van der Waals surface area contributed by atoms with Gasteiger partial charge in [0.05, 0.1) is 6.10 Å². The zero-order valence-electron chi connectivity index (χ0n) is 9.59. The van der Waals surface area contributed by atoms with E-state index in [4.69, 9.17) is 4.74 Å². The van der Waals surface area contributed by atoms with Crippen LogP contribution in [0.1, 0.15) is 38.5 Å². The first-order chi connectivity index (χ1) is 6.74. The molecule has 2 fully saturated rings. The Morgan fingerprint density at radius 1 is 1.14 bits per heavy atom. The summed E-state index contributed by atoms with van der Waals surface area (Å²) in [5.41, 5.74) is 0.696. The first-order valence-electron chi connectivity index (χ1n) is 5.95. The van der Waals surface area contributed by atoms with Gasteiger partial charge >= 0.3 is 0 Å². The zero-order valence-corrected chi connectivity index (χ0v) is 9.59. The monoisotopic (exact) mass is 195 g/mol. The lowest BCUT2D eigenvalue weighted by atomic mass is 9.67. The Labute approximate surface area is 88.4 Å². The Kier molecular flexibility index (Phi) is 3.18. The second kappa shape index (κ2) is 4.24. The molecule has 0 amide bonds. The standard InChI is InChI=1S/C11H22BNO/c1-14-10-2-4-11(5-3-10)6-8-13(12)9-7-11/h10H,2-9,12H2,1H3. The molecule has 0 aromatic heterocycles. The second-order valence-electron chi connectivity index (χ2n) is 5.24. The number of methoxy groups -OCH3 is 1. The first kappa shape index (κ1) is 10.5. The summed E-state index contributed by atoms with van der Waals surface area (Å²) in [6.07, 6.45) is 8.78. The lowest BCUT2D eigenvalue weighted by Gasteiger charge is -2.45. The molecule has 0 N–H and O–H groups in total. The van der Waals surface area contributed by atoms with E-state index in [1.807, 2.05) is 7.11 Å². The van der Waals surface area contributed by atoms with E-state index in [0.29, 0.717) is 11.5 Å². The Bertz CT molecular complexity index is 180. The fraction of sp³-hybridized carbons (Fsp3) is 1.00. The maximum atomic E-state index is 5.44. The van der Waals surface area contributed by atoms with E-state index in [2.05, 4.69) is 12.8 Å². The van der Waals surface area contributed by atoms with E-state index in [1.54, 1.807) is 0 Å². The van der Waals surface area contributed by atoms with Crippen molar-refractivity contribution in [3.63, 3.8) is 0 Å². The minimum Gasteiger partial charge on any atom is -0.381 e. The molecule has 3 heteroatoms. The van der Waals surface area contributed by atoms with E-state index >= 15 is 0 Å². The molecule has 0 bridgehead atoms. The number of piperidine rings is 1. The summed E-state index contributed by atoms with van der Waals surface area (Å²) >= 11 is 0. The van der Waals surface area contributed by atoms with Gasteiger partial charge in [0.15, 0.2) is 7.98 Å². The highest BCUT2D eigenvalue weighted by atomic mass is 16.5. The minimum atomic E-state index is 0.556. The number of rotatable bonds is 1. The molecule has 80 valence electrons. The molecule has 2 aliphatic rings. The van der Waals surface area contributed by atoms with Crippen molar-refractivity contribution in [1.29, 1.82) is 0 Å². The van der Waals surface area contributed by atoms with E-state index in [9.17, 15) is 0 Å². The molecule has 2 nitrogen and oxygen atoms in total. The summed E-state index contributed by atoms with van der Waals surface area (Å²) in [6, 6.07) is 0. The van der Waals surface area contributed by atoms with Crippen molar-refractivity contribution in [3.05, 3.63) is 0 Å². The number of hydrogen-bond donors (Lipinski definition) is 0. The second-order valence-corrected chi connectivity index (χ2v) is 5.24. The zero-order chi connectivity index (χ0) is 10.0. The van der Waals surface area contributed by atoms with Crippen molar-refractivity contribution in [3.8, 4) is 0 Å². The summed E-state index contributed by atoms with van der Waals surface area (Å²) in [5, 5.41) is 0. The van der Waals surface area contributed by atoms with E-state index in [1.165, 1.54) is 51.6 Å². The van der Waals surface area contributed by atoms with Crippen molar-refractivity contribution in [1.82, 2.24) is 4.81 Å². The van der Waals surface area contributed by atoms with E-state index in [-0.39, 0.29) is 0 Å². The molecule has 0 unspecified atom stereocenters. The molecule has 0 aromatic rings. The van der Waals surface area contributed by atoms with Crippen molar-refractivity contribution < 1.29 is 4.74 Å². The van der Waals surface area contributed by atoms with Crippen molar-refractivity contribution >= 4 is 7.98 Å². The molecule has 1 spiro atoms. The minimum absolute atomic E-state index is 0.556. The van der Waals surface area contributed by atoms with E-state index in [0.717, 1.165) is 0 Å². The molecule has 1 saturated heterocycles. The van der Waals surface area contributed by atoms with Gasteiger partial charge in [-0.2, -0.15) is 0 Å². The van der Waals surface area contributed by atoms with Gasteiger partial charge in [-0.05, 0) is 57.0 Å². The summed E-state index contributed by atoms with van der Waals surface area (Å²) in [6.45, 7) is 2.61. The Morgan fingerprint density at radius 3 is 2.21 bits per heavy atom. The summed E-state index contributed by atoms with van der Waals surface area (Å²) < 4.78 is 5.44. The van der Waals surface area contributed by atoms with Crippen LogP contribution in [0.2, 0.25) is 0 Å². The highest BCUT2D eigenvalue weighted by molar-refractivity contribution is 6.04. The average Bonchev–Trinajstić information content (AvgIpc) is 2.24. The quantitative estimate of drug-likeness (QED) is 0.583. The molecule has 1 heterocycles. The molecule has 2 rings (SSSR count). The maximum Gasteiger partial charge on any atom is 0.185 e. The number of nitrogens with zero attached hydrogens (tertiary/aromatic N) is 1. The van der Waals surface area contributed by atoms with Gasteiger partial charge in [-0.3, -0.25) is 0 Å². The normalized spacial score (nSPS) is 29.5. The van der Waals surface area contributed by atoms with Crippen LogP contribution in [0.15, 0.2) is 0 Å². The number of ether oxygens (including phenoxy) is 1. The summed E-state index contributed by atoms with van der Waals surface area (Å²) in [4.78, 5) is 2.47. The van der Waals surface area contributed by atoms with Gasteiger partial charge in [0.2, 0.25) is 0 Å². The lowest BCUT2D eigenvalue weighted by Crippen LogP contribution is -2.41. The van der Waals surface area contributed by atoms with Crippen molar-refractivity contribution in [2.45, 2.75) is 44.6 Å². The van der Waals surface area contributed by atoms with Gasteiger partial charge < -0.3 is 9.55 Å². The summed E-state index contributed by atoms with van der Waals surface area (Å²) in [7, 11) is 4.10. The fourth-order valence-corrected chi connectivity index (χ4v) is 3.03. The highest BCUT2D eigenvalue weighted by Crippen LogP contribution is 2.44. The van der Waals surface area contributed by atoms with E-state index < -0.39 is 0 Å². The predicted molar refractivity (Wildman–Crippen MR) is 61.0 cm³/mol. The third-order valence-electron chi connectivity index (χ3n) is 4.37. The molecule has 0 atom stereocenters. The van der Waals surface area contributed by atoms with Crippen LogP contribution >= 0.6 is 0 Å². The Balaban J connectivity index is 1.86. The van der Waals surface area contributed by atoms with Crippen molar-refractivity contribution in [2.75, 3.05) is 20.2 Å². The maximum absolute atomic E-state index is 5.44. The van der Waals surface area contributed by atoms with Crippen LogP contribution in [0, 0.1) is 5.41 Å². The van der Waals surface area contributed by atoms with Gasteiger partial charge in [-0.1, -0.05) is 0 Å².